The molecule has 2 rings (SSSR count). The first-order valence-electron chi connectivity index (χ1n) is 8.78. The van der Waals surface area contributed by atoms with Crippen molar-refractivity contribution in [1.29, 1.82) is 0 Å². The van der Waals surface area contributed by atoms with E-state index in [0.29, 0.717) is 11.5 Å². The number of nitrogens with zero attached hydrogens (tertiary/aromatic N) is 1. The molecule has 8 nitrogen and oxygen atoms in total. The Balaban J connectivity index is 2.06. The number of amides is 2. The van der Waals surface area contributed by atoms with Crippen molar-refractivity contribution in [2.24, 2.45) is 5.10 Å². The maximum absolute atomic E-state index is 13.3. The first-order chi connectivity index (χ1) is 14.7. The lowest BCUT2D eigenvalue weighted by Gasteiger charge is -2.12. The van der Waals surface area contributed by atoms with Crippen LogP contribution in [0.2, 0.25) is 0 Å². The van der Waals surface area contributed by atoms with Gasteiger partial charge in [0, 0.05) is 11.1 Å². The smallest absolute Gasteiger partial charge is 0.435 e. The van der Waals surface area contributed by atoms with Gasteiger partial charge in [-0.3, -0.25) is 9.59 Å². The average molecular weight is 439 g/mol. The van der Waals surface area contributed by atoms with E-state index < -0.39 is 30.2 Å². The molecule has 2 aromatic rings. The second-order valence-corrected chi connectivity index (χ2v) is 5.98. The summed E-state index contributed by atoms with van der Waals surface area (Å²) in [6, 6.07) is 9.49. The van der Waals surface area contributed by atoms with Gasteiger partial charge in [-0.1, -0.05) is 12.1 Å². The maximum atomic E-state index is 13.3. The Kier molecular flexibility index (Phi) is 7.83. The summed E-state index contributed by atoms with van der Waals surface area (Å²) in [4.78, 5) is 24.1. The normalized spacial score (nSPS) is 11.5. The van der Waals surface area contributed by atoms with Gasteiger partial charge in [0.15, 0.2) is 17.2 Å². The molecule has 166 valence electrons. The van der Waals surface area contributed by atoms with Crippen LogP contribution in [0.5, 0.6) is 17.2 Å². The highest BCUT2D eigenvalue weighted by Crippen LogP contribution is 2.27. The lowest BCUT2D eigenvalue weighted by molar-refractivity contribution is -0.120. The second kappa shape index (κ2) is 10.3. The minimum atomic E-state index is -4.83. The molecule has 0 atom stereocenters. The number of carbonyl (C=O) groups is 2. The number of nitrogens with one attached hydrogen (secondary N) is 2. The zero-order valence-corrected chi connectivity index (χ0v) is 16.9. The molecule has 0 bridgehead atoms. The third-order valence-electron chi connectivity index (χ3n) is 3.96. The van der Waals surface area contributed by atoms with Crippen molar-refractivity contribution in [1.82, 2.24) is 10.7 Å². The molecule has 0 saturated carbocycles. The van der Waals surface area contributed by atoms with E-state index >= 15 is 0 Å². The number of hydrazone groups is 1. The molecule has 0 saturated heterocycles. The molecule has 31 heavy (non-hydrogen) atoms. The van der Waals surface area contributed by atoms with Crippen LogP contribution in [0.3, 0.4) is 0 Å². The molecule has 0 aliphatic carbocycles. The van der Waals surface area contributed by atoms with Gasteiger partial charge < -0.3 is 19.5 Å². The molecule has 0 heterocycles. The molecule has 11 heteroatoms. The summed E-state index contributed by atoms with van der Waals surface area (Å²) < 4.78 is 55.1. The fraction of sp³-hybridized carbons (Fsp3) is 0.250. The number of methoxy groups -OCH3 is 3. The minimum absolute atomic E-state index is 0.168. The summed E-state index contributed by atoms with van der Waals surface area (Å²) >= 11 is 0. The van der Waals surface area contributed by atoms with E-state index in [1.807, 2.05) is 0 Å². The van der Waals surface area contributed by atoms with Crippen molar-refractivity contribution < 1.29 is 37.0 Å². The van der Waals surface area contributed by atoms with Crippen LogP contribution in [-0.2, 0) is 4.79 Å². The van der Waals surface area contributed by atoms with Gasteiger partial charge in [-0.2, -0.15) is 18.3 Å². The fourth-order valence-corrected chi connectivity index (χ4v) is 2.46. The van der Waals surface area contributed by atoms with Crippen LogP contribution in [0.4, 0.5) is 13.2 Å². The largest absolute Gasteiger partial charge is 0.497 e. The van der Waals surface area contributed by atoms with Crippen molar-refractivity contribution in [3.05, 3.63) is 53.6 Å². The molecular weight excluding hydrogens is 419 g/mol. The van der Waals surface area contributed by atoms with Gasteiger partial charge in [0.25, 0.3) is 11.8 Å². The van der Waals surface area contributed by atoms with Crippen LogP contribution < -0.4 is 25.0 Å². The van der Waals surface area contributed by atoms with E-state index in [2.05, 4.69) is 10.4 Å². The lowest BCUT2D eigenvalue weighted by Crippen LogP contribution is -2.36. The molecule has 0 fully saturated rings. The summed E-state index contributed by atoms with van der Waals surface area (Å²) in [5.74, 6) is -0.675. The highest BCUT2D eigenvalue weighted by Gasteiger charge is 2.37. The number of halogens is 3. The van der Waals surface area contributed by atoms with E-state index in [0.717, 1.165) is 6.07 Å². The Labute approximate surface area is 176 Å². The number of ether oxygens (including phenoxy) is 3. The molecule has 0 aromatic heterocycles. The molecule has 2 amide bonds. The third kappa shape index (κ3) is 6.36. The highest BCUT2D eigenvalue weighted by molar-refractivity contribution is 6.05. The summed E-state index contributed by atoms with van der Waals surface area (Å²) in [6.45, 7) is -0.597. The Morgan fingerprint density at radius 3 is 2.26 bits per heavy atom. The Morgan fingerprint density at radius 2 is 1.65 bits per heavy atom. The van der Waals surface area contributed by atoms with Gasteiger partial charge in [0.1, 0.15) is 5.75 Å². The number of hydrogen-bond acceptors (Lipinski definition) is 6. The first kappa shape index (κ1) is 23.5. The molecule has 0 radical (unpaired) electrons. The van der Waals surface area contributed by atoms with Gasteiger partial charge in [0.05, 0.1) is 27.9 Å². The average Bonchev–Trinajstić information content (AvgIpc) is 2.76. The number of carbonyl (C=O) groups excluding carboxylic acids is 2. The zero-order valence-electron chi connectivity index (χ0n) is 16.9. The summed E-state index contributed by atoms with van der Waals surface area (Å²) in [7, 11) is 4.14. The standard InChI is InChI=1S/C20H20F3N3O5/c1-29-14-6-4-5-12(9-14)18(20(21,22)23)26-25-17(27)11-24-19(28)13-7-8-15(30-2)16(10-13)31-3/h4-10H,11H2,1-3H3,(H,24,28)(H,25,27)/b26-18-. The number of rotatable bonds is 8. The van der Waals surface area contributed by atoms with Gasteiger partial charge in [-0.15, -0.1) is 0 Å². The van der Waals surface area contributed by atoms with E-state index in [4.69, 9.17) is 14.2 Å². The number of alkyl halides is 3. The van der Waals surface area contributed by atoms with Crippen LogP contribution in [0.25, 0.3) is 0 Å². The van der Waals surface area contributed by atoms with Crippen LogP contribution in [0.15, 0.2) is 47.6 Å². The monoisotopic (exact) mass is 439 g/mol. The molecule has 0 aliphatic rings. The molecule has 2 N–H and O–H groups in total. The Hall–Kier alpha value is -3.76. The van der Waals surface area contributed by atoms with Crippen LogP contribution in [0, 0.1) is 0 Å². The zero-order chi connectivity index (χ0) is 23.0. The number of hydrogen-bond donors (Lipinski definition) is 2. The van der Waals surface area contributed by atoms with E-state index in [1.54, 1.807) is 5.43 Å². The fourth-order valence-electron chi connectivity index (χ4n) is 2.46. The second-order valence-electron chi connectivity index (χ2n) is 5.98. The molecule has 0 unspecified atom stereocenters. The molecule has 0 spiro atoms. The summed E-state index contributed by atoms with van der Waals surface area (Å²) in [5, 5.41) is 5.48. The first-order valence-corrected chi connectivity index (χ1v) is 8.78. The van der Waals surface area contributed by atoms with Gasteiger partial charge >= 0.3 is 6.18 Å². The van der Waals surface area contributed by atoms with Crippen LogP contribution in [-0.4, -0.2) is 51.6 Å². The molecule has 2 aromatic carbocycles. The summed E-state index contributed by atoms with van der Waals surface area (Å²) in [5.41, 5.74) is 0.365. The third-order valence-corrected chi connectivity index (χ3v) is 3.96. The van der Waals surface area contributed by atoms with Crippen molar-refractivity contribution in [2.45, 2.75) is 6.18 Å². The van der Waals surface area contributed by atoms with Gasteiger partial charge in [-0.25, -0.2) is 5.43 Å². The van der Waals surface area contributed by atoms with Gasteiger partial charge in [-0.05, 0) is 30.3 Å². The maximum Gasteiger partial charge on any atom is 0.435 e. The predicted molar refractivity (Wildman–Crippen MR) is 106 cm³/mol. The minimum Gasteiger partial charge on any atom is -0.497 e. The van der Waals surface area contributed by atoms with Crippen molar-refractivity contribution in [2.75, 3.05) is 27.9 Å². The van der Waals surface area contributed by atoms with E-state index in [9.17, 15) is 22.8 Å². The van der Waals surface area contributed by atoms with Crippen LogP contribution in [0.1, 0.15) is 15.9 Å². The number of benzene rings is 2. The summed E-state index contributed by atoms with van der Waals surface area (Å²) in [6.07, 6.45) is -4.83. The molecular formula is C20H20F3N3O5. The highest BCUT2D eigenvalue weighted by atomic mass is 19.4. The van der Waals surface area contributed by atoms with Crippen molar-refractivity contribution in [3.8, 4) is 17.2 Å². The predicted octanol–water partition coefficient (Wildman–Crippen LogP) is 2.53. The lowest BCUT2D eigenvalue weighted by atomic mass is 10.1. The quantitative estimate of drug-likeness (QED) is 0.487. The van der Waals surface area contributed by atoms with Gasteiger partial charge in [0.2, 0.25) is 0 Å². The van der Waals surface area contributed by atoms with Crippen molar-refractivity contribution >= 4 is 17.5 Å². The topological polar surface area (TPSA) is 98.2 Å². The van der Waals surface area contributed by atoms with Crippen molar-refractivity contribution in [3.63, 3.8) is 0 Å². The van der Waals surface area contributed by atoms with E-state index in [1.165, 1.54) is 57.7 Å². The Morgan fingerprint density at radius 1 is 0.935 bits per heavy atom. The SMILES string of the molecule is COc1cccc(/C(=N/NC(=O)CNC(=O)c2ccc(OC)c(OC)c2)C(F)(F)F)c1. The molecule has 0 aliphatic heterocycles. The van der Waals surface area contributed by atoms with E-state index in [-0.39, 0.29) is 16.9 Å². The Bertz CT molecular complexity index is 977. The van der Waals surface area contributed by atoms with Crippen LogP contribution >= 0.6 is 0 Å².